The lowest BCUT2D eigenvalue weighted by atomic mass is 10.0. The average molecular weight is 590 g/mol. The number of carbonyl (C=O) groups is 1. The summed E-state index contributed by atoms with van der Waals surface area (Å²) < 4.78 is 12.4. The molecule has 180 valence electrons. The van der Waals surface area contributed by atoms with Gasteiger partial charge in [-0.15, -0.1) is 0 Å². The quantitative estimate of drug-likeness (QED) is 0.273. The first-order chi connectivity index (χ1) is 17.4. The van der Waals surface area contributed by atoms with Crippen LogP contribution in [0.15, 0.2) is 65.2 Å². The highest BCUT2D eigenvalue weighted by molar-refractivity contribution is 14.1. The minimum absolute atomic E-state index is 0.0386. The van der Waals surface area contributed by atoms with E-state index in [0.717, 1.165) is 33.1 Å². The van der Waals surface area contributed by atoms with Crippen molar-refractivity contribution in [2.45, 2.75) is 38.8 Å². The van der Waals surface area contributed by atoms with Crippen molar-refractivity contribution in [3.63, 3.8) is 0 Å². The molecule has 1 N–H and O–H groups in total. The van der Waals surface area contributed by atoms with Crippen LogP contribution >= 0.6 is 22.6 Å². The van der Waals surface area contributed by atoms with Crippen LogP contribution in [0.1, 0.15) is 53.4 Å². The van der Waals surface area contributed by atoms with Crippen LogP contribution in [-0.4, -0.2) is 22.2 Å². The van der Waals surface area contributed by atoms with Crippen LogP contribution in [0.4, 0.5) is 0 Å². The molecule has 0 spiro atoms. The summed E-state index contributed by atoms with van der Waals surface area (Å²) in [6.07, 6.45) is 1.56. The third-order valence-electron chi connectivity index (χ3n) is 6.06. The topological polar surface area (TPSA) is 101 Å². The van der Waals surface area contributed by atoms with Crippen molar-refractivity contribution in [2.24, 2.45) is 0 Å². The second-order valence-corrected chi connectivity index (χ2v) is 10.1. The summed E-state index contributed by atoms with van der Waals surface area (Å²) in [5, 5.41) is 16.9. The zero-order valence-corrected chi connectivity index (χ0v) is 21.9. The summed E-state index contributed by atoms with van der Waals surface area (Å²) >= 11 is 2.22. The molecule has 0 fully saturated rings. The number of halogens is 1. The summed E-state index contributed by atoms with van der Waals surface area (Å²) in [5.41, 5.74) is 4.76. The predicted molar refractivity (Wildman–Crippen MR) is 143 cm³/mol. The zero-order chi connectivity index (χ0) is 25.2. The fourth-order valence-corrected chi connectivity index (χ4v) is 4.77. The van der Waals surface area contributed by atoms with Crippen LogP contribution in [0.2, 0.25) is 0 Å². The monoisotopic (exact) mass is 590 g/mol. The summed E-state index contributed by atoms with van der Waals surface area (Å²) in [6.45, 7) is 3.83. The van der Waals surface area contributed by atoms with Crippen molar-refractivity contribution in [1.82, 2.24) is 15.5 Å². The van der Waals surface area contributed by atoms with E-state index in [-0.39, 0.29) is 18.1 Å². The molecular formula is C28H23IN4O3. The number of hydrogen-bond donors (Lipinski definition) is 1. The molecule has 1 aliphatic carbocycles. The Morgan fingerprint density at radius 1 is 1.19 bits per heavy atom. The van der Waals surface area contributed by atoms with Gasteiger partial charge >= 0.3 is 0 Å². The lowest BCUT2D eigenvalue weighted by Gasteiger charge is -2.15. The number of nitrogens with one attached hydrogen (secondary N) is 1. The zero-order valence-electron chi connectivity index (χ0n) is 19.8. The molecule has 5 rings (SSSR count). The first kappa shape index (κ1) is 24.0. The third kappa shape index (κ3) is 4.84. The number of ether oxygens (including phenoxy) is 1. The van der Waals surface area contributed by atoms with Crippen molar-refractivity contribution in [1.29, 1.82) is 5.26 Å². The molecule has 36 heavy (non-hydrogen) atoms. The Kier molecular flexibility index (Phi) is 6.74. The molecule has 3 aromatic carbocycles. The van der Waals surface area contributed by atoms with Crippen molar-refractivity contribution >= 4 is 28.5 Å². The van der Waals surface area contributed by atoms with Crippen molar-refractivity contribution in [2.75, 3.05) is 0 Å². The summed E-state index contributed by atoms with van der Waals surface area (Å²) in [5.74, 6) is 1.24. The maximum Gasteiger partial charge on any atom is 0.258 e. The largest absolute Gasteiger partial charge is 0.490 e. The van der Waals surface area contributed by atoms with Crippen LogP contribution in [0, 0.1) is 14.9 Å². The Balaban J connectivity index is 1.39. The van der Waals surface area contributed by atoms with Gasteiger partial charge in [0.15, 0.2) is 0 Å². The third-order valence-corrected chi connectivity index (χ3v) is 6.78. The Labute approximate surface area is 222 Å². The van der Waals surface area contributed by atoms with Gasteiger partial charge in [0, 0.05) is 20.3 Å². The molecule has 8 heteroatoms. The average Bonchev–Trinajstić information content (AvgIpc) is 3.52. The number of nitriles is 1. The smallest absolute Gasteiger partial charge is 0.258 e. The second-order valence-electron chi connectivity index (χ2n) is 8.86. The molecule has 0 saturated heterocycles. The van der Waals surface area contributed by atoms with Gasteiger partial charge in [0.1, 0.15) is 11.8 Å². The number of benzene rings is 3. The van der Waals surface area contributed by atoms with E-state index in [0.29, 0.717) is 34.2 Å². The lowest BCUT2D eigenvalue weighted by molar-refractivity contribution is 0.0936. The molecule has 1 aliphatic rings. The fraction of sp³-hybridized carbons (Fsp3) is 0.214. The number of nitrogens with zero attached hydrogens (tertiary/aromatic N) is 3. The van der Waals surface area contributed by atoms with E-state index in [1.807, 2.05) is 56.3 Å². The van der Waals surface area contributed by atoms with Crippen LogP contribution in [0.3, 0.4) is 0 Å². The first-order valence-electron chi connectivity index (χ1n) is 11.7. The van der Waals surface area contributed by atoms with E-state index in [4.69, 9.17) is 9.26 Å². The highest BCUT2D eigenvalue weighted by atomic mass is 127. The number of hydrogen-bond acceptors (Lipinski definition) is 6. The van der Waals surface area contributed by atoms with Crippen LogP contribution < -0.4 is 10.1 Å². The molecular weight excluding hydrogens is 567 g/mol. The fourth-order valence-electron chi connectivity index (χ4n) is 4.41. The first-order valence-corrected chi connectivity index (χ1v) is 12.7. The van der Waals surface area contributed by atoms with E-state index in [2.05, 4.69) is 44.1 Å². The Hall–Kier alpha value is -3.71. The van der Waals surface area contributed by atoms with E-state index in [9.17, 15) is 10.1 Å². The van der Waals surface area contributed by atoms with Gasteiger partial charge in [0.25, 0.3) is 11.8 Å². The minimum Gasteiger partial charge on any atom is -0.490 e. The van der Waals surface area contributed by atoms with E-state index < -0.39 is 0 Å². The molecule has 0 radical (unpaired) electrons. The SMILES string of the molecule is CC(C)Oc1ccc(-c2nc(-c3cccc4c3CC[C@H]4NC(=O)c3ccc(I)cc3)no2)cc1C#N. The Bertz CT molecular complexity index is 1470. The normalized spacial score (nSPS) is 14.4. The molecule has 7 nitrogen and oxygen atoms in total. The minimum atomic E-state index is -0.0882. The maximum atomic E-state index is 12.8. The predicted octanol–water partition coefficient (Wildman–Crippen LogP) is 6.08. The second kappa shape index (κ2) is 10.1. The molecule has 1 amide bonds. The van der Waals surface area contributed by atoms with Gasteiger partial charge in [-0.1, -0.05) is 23.4 Å². The molecule has 1 aromatic heterocycles. The standard InChI is InChI=1S/C28H23IN4O3/c1-16(2)35-25-13-8-18(14-19(25)15-30)28-32-26(33-36-28)23-5-3-4-22-21(23)11-12-24(22)31-27(34)17-6-9-20(29)10-7-17/h3-10,13-14,16,24H,11-12H2,1-2H3,(H,31,34)/t24-/m1/s1. The van der Waals surface area contributed by atoms with Crippen LogP contribution in [0.5, 0.6) is 5.75 Å². The van der Waals surface area contributed by atoms with Crippen molar-refractivity contribution < 1.29 is 14.1 Å². The number of carbonyl (C=O) groups excluding carboxylic acids is 1. The van der Waals surface area contributed by atoms with Gasteiger partial charge in [0.05, 0.1) is 17.7 Å². The number of aromatic nitrogens is 2. The van der Waals surface area contributed by atoms with Gasteiger partial charge in [-0.05, 0) is 103 Å². The molecule has 1 atom stereocenters. The molecule has 0 bridgehead atoms. The van der Waals surface area contributed by atoms with E-state index in [1.54, 1.807) is 18.2 Å². The summed E-state index contributed by atoms with van der Waals surface area (Å²) in [6, 6.07) is 20.8. The van der Waals surface area contributed by atoms with Gasteiger partial charge in [-0.3, -0.25) is 4.79 Å². The van der Waals surface area contributed by atoms with E-state index >= 15 is 0 Å². The highest BCUT2D eigenvalue weighted by Crippen LogP contribution is 2.38. The Morgan fingerprint density at radius 3 is 2.75 bits per heavy atom. The number of rotatable bonds is 6. The summed E-state index contributed by atoms with van der Waals surface area (Å²) in [4.78, 5) is 17.4. The van der Waals surface area contributed by atoms with Gasteiger partial charge in [-0.2, -0.15) is 10.2 Å². The number of amides is 1. The van der Waals surface area contributed by atoms with Crippen molar-refractivity contribution in [3.8, 4) is 34.7 Å². The maximum absolute atomic E-state index is 12.8. The molecule has 0 unspecified atom stereocenters. The summed E-state index contributed by atoms with van der Waals surface area (Å²) in [7, 11) is 0. The molecule has 0 aliphatic heterocycles. The molecule has 1 heterocycles. The van der Waals surface area contributed by atoms with Gasteiger partial charge in [-0.25, -0.2) is 0 Å². The van der Waals surface area contributed by atoms with Crippen LogP contribution in [0.25, 0.3) is 22.8 Å². The molecule has 0 saturated carbocycles. The lowest BCUT2D eigenvalue weighted by Crippen LogP contribution is -2.27. The highest BCUT2D eigenvalue weighted by Gasteiger charge is 2.28. The van der Waals surface area contributed by atoms with Gasteiger partial charge in [0.2, 0.25) is 5.82 Å². The Morgan fingerprint density at radius 2 is 2.00 bits per heavy atom. The van der Waals surface area contributed by atoms with Crippen molar-refractivity contribution in [3.05, 3.63) is 86.5 Å². The van der Waals surface area contributed by atoms with E-state index in [1.165, 1.54) is 0 Å². The van der Waals surface area contributed by atoms with Gasteiger partial charge < -0.3 is 14.6 Å². The molecule has 4 aromatic rings. The number of fused-ring (bicyclic) bond motifs is 1. The van der Waals surface area contributed by atoms with Crippen LogP contribution in [-0.2, 0) is 6.42 Å².